The fourth-order valence-corrected chi connectivity index (χ4v) is 13.0. The van der Waals surface area contributed by atoms with Gasteiger partial charge < -0.3 is 137 Å². The van der Waals surface area contributed by atoms with Crippen LogP contribution in [-0.2, 0) is 97.6 Å². The Kier molecular flexibility index (Phi) is 38.8. The van der Waals surface area contributed by atoms with Crippen LogP contribution in [-0.4, -0.2) is 276 Å². The van der Waals surface area contributed by atoms with Crippen molar-refractivity contribution in [1.82, 2.24) is 84.3 Å². The summed E-state index contributed by atoms with van der Waals surface area (Å²) in [6.45, 7) is 4.34. The number of nitrogens with one attached hydrogen (secondary N) is 15. The van der Waals surface area contributed by atoms with Gasteiger partial charge in [0.15, 0.2) is 0 Å². The second-order valence-electron chi connectivity index (χ2n) is 30.3. The first-order valence-corrected chi connectivity index (χ1v) is 39.6. The molecule has 42 heteroatoms. The van der Waals surface area contributed by atoms with Gasteiger partial charge >= 0.3 is 5.97 Å². The number of H-pyrrole nitrogens is 1. The van der Waals surface area contributed by atoms with E-state index in [-0.39, 0.29) is 75.2 Å². The lowest BCUT2D eigenvalue weighted by Gasteiger charge is -2.31. The summed E-state index contributed by atoms with van der Waals surface area (Å²) in [6, 6.07) is 3.88. The van der Waals surface area contributed by atoms with E-state index in [1.807, 2.05) is 17.4 Å². The summed E-state index contributed by atoms with van der Waals surface area (Å²) in [5.74, 6) is -16.7. The van der Waals surface area contributed by atoms with Crippen molar-refractivity contribution in [1.29, 1.82) is 0 Å². The average molecular weight is 1710 g/mol. The van der Waals surface area contributed by atoms with Gasteiger partial charge in [-0.05, 0) is 129 Å². The third-order valence-corrected chi connectivity index (χ3v) is 19.7. The van der Waals surface area contributed by atoms with Gasteiger partial charge in [0, 0.05) is 49.3 Å². The van der Waals surface area contributed by atoms with Crippen molar-refractivity contribution >= 4 is 99.6 Å². The Morgan fingerprint density at radius 1 is 0.475 bits per heavy atom. The third kappa shape index (κ3) is 31.0. The van der Waals surface area contributed by atoms with Crippen molar-refractivity contribution in [2.24, 2.45) is 29.0 Å². The third-order valence-electron chi connectivity index (χ3n) is 19.7. The number of aromatic amines is 1. The van der Waals surface area contributed by atoms with Crippen molar-refractivity contribution in [3.05, 3.63) is 126 Å². The molecule has 1 aliphatic rings. The zero-order valence-corrected chi connectivity index (χ0v) is 68.3. The van der Waals surface area contributed by atoms with Crippen LogP contribution in [0.3, 0.4) is 0 Å². The maximum Gasteiger partial charge on any atom is 0.328 e. The zero-order chi connectivity index (χ0) is 90.2. The molecule has 1 aliphatic heterocycles. The predicted molar refractivity (Wildman–Crippen MR) is 437 cm³/mol. The van der Waals surface area contributed by atoms with E-state index < -0.39 is 224 Å². The van der Waals surface area contributed by atoms with Crippen LogP contribution in [0.15, 0.2) is 103 Å². The molecule has 0 bridgehead atoms. The number of phenolic OH excluding ortho intramolecular Hbond substituents is 3. The van der Waals surface area contributed by atoms with Crippen molar-refractivity contribution in [2.75, 3.05) is 46.0 Å². The molecule has 29 N–H and O–H groups in total. The van der Waals surface area contributed by atoms with Crippen LogP contribution < -0.4 is 91.6 Å². The Morgan fingerprint density at radius 2 is 0.918 bits per heavy atom. The number of aromatic hydroxyl groups is 3. The molecule has 1 aromatic heterocycles. The van der Waals surface area contributed by atoms with Crippen molar-refractivity contribution < 1.29 is 113 Å². The first-order chi connectivity index (χ1) is 57.8. The van der Waals surface area contributed by atoms with Gasteiger partial charge in [-0.1, -0.05) is 82.3 Å². The lowest BCUT2D eigenvalue weighted by atomic mass is 9.99. The molecular weight excluding hydrogens is 1590 g/mol. The minimum absolute atomic E-state index is 0.0364. The Hall–Kier alpha value is -12.4. The number of nitrogens with zero attached hydrogens (tertiary/aromatic N) is 1. The lowest BCUT2D eigenvalue weighted by Crippen LogP contribution is -2.62. The van der Waals surface area contributed by atoms with Gasteiger partial charge in [0.2, 0.25) is 82.7 Å². The summed E-state index contributed by atoms with van der Waals surface area (Å²) in [5, 5.41) is 115. The molecular formula is C80H113N19O23. The van der Waals surface area contributed by atoms with Crippen molar-refractivity contribution in [2.45, 2.75) is 190 Å². The Labute approximate surface area is 701 Å². The molecule has 5 aromatic rings. The molecule has 4 aromatic carbocycles. The van der Waals surface area contributed by atoms with E-state index in [0.29, 0.717) is 46.1 Å². The van der Waals surface area contributed by atoms with Gasteiger partial charge in [0.05, 0.1) is 45.1 Å². The van der Waals surface area contributed by atoms with E-state index in [9.17, 15) is 93.0 Å². The smallest absolute Gasteiger partial charge is 0.328 e. The number of amides is 14. The first kappa shape index (κ1) is 98.4. The number of fused-ring (bicyclic) bond motifs is 1. The molecule has 6 rings (SSSR count). The number of aliphatic hydroxyl groups excluding tert-OH is 4. The molecule has 122 heavy (non-hydrogen) atoms. The number of carboxylic acids is 1. The number of benzene rings is 4. The van der Waals surface area contributed by atoms with E-state index in [2.05, 4.69) is 74.1 Å². The van der Waals surface area contributed by atoms with E-state index in [0.717, 1.165) is 13.8 Å². The molecule has 42 nitrogen and oxygen atoms in total. The number of para-hydroxylation sites is 1. The molecule has 14 atom stereocenters. The minimum Gasteiger partial charge on any atom is -0.508 e. The van der Waals surface area contributed by atoms with Crippen LogP contribution in [0.1, 0.15) is 95.9 Å². The highest BCUT2D eigenvalue weighted by Gasteiger charge is 2.42. The van der Waals surface area contributed by atoms with Crippen molar-refractivity contribution in [3.8, 4) is 17.2 Å². The maximum atomic E-state index is 15.3. The molecule has 0 aliphatic carbocycles. The van der Waals surface area contributed by atoms with Crippen LogP contribution in [0.25, 0.3) is 10.9 Å². The molecule has 1 fully saturated rings. The summed E-state index contributed by atoms with van der Waals surface area (Å²) in [5.41, 5.74) is 19.9. The summed E-state index contributed by atoms with van der Waals surface area (Å²) in [7, 11) is 0. The topological polar surface area (TPSA) is 683 Å². The van der Waals surface area contributed by atoms with E-state index in [1.54, 1.807) is 46.0 Å². The fourth-order valence-electron chi connectivity index (χ4n) is 13.0. The van der Waals surface area contributed by atoms with Crippen LogP contribution in [0.2, 0.25) is 0 Å². The standard InChI is InChI=1S/C80H113N19O23/c1-40(2)29-54(73(115)98-66(43(6)103)77(119)88-42(5)67(109)96-59(37-100)70(112)87-36-64(108)90-61(39-102)79(121)122)91-71(113)56(31-45-17-23-49(105)24-18-45)92-74(116)60(38-101)89-63(107)35-86-69(111)55(30-44-15-21-48(104)22-16-44)93-75(117)62-14-10-28-99(62)78(120)58(32-46-19-25-50(106)26-20-46)95-72(114)57(33-47-34-85-53-13-8-7-11-51(47)53)94-76(118)65(41(3)4)97-68(110)52(81)12-9-27-84-80(82)83/h7-8,11,13,15-26,34,40-43,52,54-62,65-66,80,84-85,100-106H,9-10,12,14,27-33,35-39,81-83H2,1-6H3,(H,86,111)(H,87,112)(H,88,119)(H,89,107)(H,90,108)(H,91,113)(H,92,116)(H,93,117)(H,94,118)(H,95,114)(H,96,109)(H,97,110)(H,98,115)(H,121,122)/t42-,43+,52-,54-,55-,56-,57-,58-,59-,60-,61-,62-,65-,66-/m0/s1. The Bertz CT molecular complexity index is 4420. The molecule has 0 unspecified atom stereocenters. The van der Waals surface area contributed by atoms with E-state index in [1.165, 1.54) is 77.7 Å². The summed E-state index contributed by atoms with van der Waals surface area (Å²) >= 11 is 0. The number of aliphatic carboxylic acids is 1. The zero-order valence-electron chi connectivity index (χ0n) is 68.3. The van der Waals surface area contributed by atoms with Crippen LogP contribution in [0, 0.1) is 11.8 Å². The van der Waals surface area contributed by atoms with Gasteiger partial charge in [0.25, 0.3) is 0 Å². The molecule has 666 valence electrons. The number of aromatic nitrogens is 1. The second kappa shape index (κ2) is 48.1. The maximum absolute atomic E-state index is 15.3. The molecule has 0 spiro atoms. The molecule has 0 saturated carbocycles. The highest BCUT2D eigenvalue weighted by atomic mass is 16.4. The number of hydrogen-bond donors (Lipinski definition) is 26. The number of hydrogen-bond acceptors (Lipinski definition) is 26. The molecule has 2 heterocycles. The van der Waals surface area contributed by atoms with Gasteiger partial charge in [-0.15, -0.1) is 0 Å². The molecule has 1 saturated heterocycles. The largest absolute Gasteiger partial charge is 0.508 e. The predicted octanol–water partition coefficient (Wildman–Crippen LogP) is -6.83. The summed E-state index contributed by atoms with van der Waals surface area (Å²) in [4.78, 5) is 212. The van der Waals surface area contributed by atoms with Gasteiger partial charge in [-0.3, -0.25) is 72.4 Å². The van der Waals surface area contributed by atoms with Crippen LogP contribution >= 0.6 is 0 Å². The Morgan fingerprint density at radius 3 is 1.43 bits per heavy atom. The van der Waals surface area contributed by atoms with Gasteiger partial charge in [-0.25, -0.2) is 4.79 Å². The molecule has 0 radical (unpaired) electrons. The summed E-state index contributed by atoms with van der Waals surface area (Å²) in [6.07, 6.45) is -1.11. The number of aliphatic hydroxyl groups is 4. The Balaban J connectivity index is 1.16. The minimum atomic E-state index is -1.87. The monoisotopic (exact) mass is 1710 g/mol. The highest BCUT2D eigenvalue weighted by Crippen LogP contribution is 2.24. The number of carbonyl (C=O) groups is 15. The van der Waals surface area contributed by atoms with Gasteiger partial charge in [0.1, 0.15) is 96.0 Å². The number of rotatable bonds is 48. The van der Waals surface area contributed by atoms with Crippen LogP contribution in [0.4, 0.5) is 0 Å². The number of nitrogens with two attached hydrogens (primary N) is 3. The summed E-state index contributed by atoms with van der Waals surface area (Å²) < 4.78 is 0. The number of phenols is 3. The average Bonchev–Trinajstić information content (AvgIpc) is 1.62. The van der Waals surface area contributed by atoms with Crippen LogP contribution in [0.5, 0.6) is 17.2 Å². The highest BCUT2D eigenvalue weighted by molar-refractivity contribution is 6.01. The lowest BCUT2D eigenvalue weighted by molar-refractivity contribution is -0.143. The number of likely N-dealkylation sites (tertiary alicyclic amines) is 1. The molecule has 14 amide bonds. The fraction of sp³-hybridized carbons (Fsp3) is 0.487. The quantitative estimate of drug-likeness (QED) is 0.0127. The van der Waals surface area contributed by atoms with E-state index in [4.69, 9.17) is 27.4 Å². The van der Waals surface area contributed by atoms with Gasteiger partial charge in [-0.2, -0.15) is 0 Å². The SMILES string of the molecule is CC(C)C[C@H](NC(=O)[C@H](Cc1ccc(O)cc1)NC(=O)[C@H](CO)NC(=O)CNC(=O)[C@H](Cc1ccc(O)cc1)NC(=O)[C@@H]1CCCN1C(=O)[C@H](Cc1ccc(O)cc1)NC(=O)[C@H](Cc1c[nH]c2ccccc12)NC(=O)[C@@H](NC(=O)[C@@H](N)CCCNC(N)N)C(C)C)C(=O)N[C@H](C(=O)N[C@@H](C)C(=O)N[C@@H](CO)C(=O)NCC(=O)N[C@@H](CO)C(=O)O)[C@@H](C)O. The van der Waals surface area contributed by atoms with E-state index >= 15 is 9.59 Å². The normalized spacial score (nSPS) is 15.8. The number of carbonyl (C=O) groups excluding carboxylic acids is 14. The first-order valence-electron chi connectivity index (χ1n) is 39.6. The second-order valence-corrected chi connectivity index (χ2v) is 30.3. The van der Waals surface area contributed by atoms with Crippen molar-refractivity contribution in [3.63, 3.8) is 0 Å². The number of carboxylic acid groups (broad SMARTS) is 1.